The molecule has 0 fully saturated rings. The summed E-state index contributed by atoms with van der Waals surface area (Å²) in [4.78, 5) is 38.2. The van der Waals surface area contributed by atoms with Gasteiger partial charge in [-0.15, -0.1) is 5.48 Å². The lowest BCUT2D eigenvalue weighted by Gasteiger charge is -2.16. The highest BCUT2D eigenvalue weighted by molar-refractivity contribution is 5.90. The molecule has 0 aromatic heterocycles. The number of rotatable bonds is 12. The van der Waals surface area contributed by atoms with Gasteiger partial charge in [0, 0.05) is 0 Å². The number of hydroxylamine groups is 1. The molecule has 0 aliphatic heterocycles. The summed E-state index contributed by atoms with van der Waals surface area (Å²) in [6.07, 6.45) is 1.46. The molecule has 0 spiro atoms. The maximum atomic E-state index is 11.9. The van der Waals surface area contributed by atoms with E-state index in [2.05, 4.69) is 9.57 Å². The third kappa shape index (κ3) is 10.6. The second-order valence-corrected chi connectivity index (χ2v) is 4.95. The molecule has 0 aromatic carbocycles. The molecule has 23 heavy (non-hydrogen) atoms. The van der Waals surface area contributed by atoms with Gasteiger partial charge in [0.2, 0.25) is 0 Å². The summed E-state index contributed by atoms with van der Waals surface area (Å²) in [6.45, 7) is 0.910. The Bertz CT molecular complexity index is 379. The minimum atomic E-state index is -1.61. The van der Waals surface area contributed by atoms with Crippen LogP contribution in [0.25, 0.3) is 0 Å². The van der Waals surface area contributed by atoms with Gasteiger partial charge >= 0.3 is 18.1 Å². The number of hydrogen-bond donors (Lipinski definition) is 5. The van der Waals surface area contributed by atoms with Crippen LogP contribution in [0.3, 0.4) is 0 Å². The van der Waals surface area contributed by atoms with Crippen LogP contribution in [0.5, 0.6) is 0 Å². The molecule has 0 unspecified atom stereocenters. The normalized spacial score (nSPS) is 13.2. The van der Waals surface area contributed by atoms with E-state index < -0.39 is 30.2 Å². The zero-order chi connectivity index (χ0) is 17.7. The Labute approximate surface area is 134 Å². The van der Waals surface area contributed by atoms with E-state index in [-0.39, 0.29) is 6.42 Å². The van der Waals surface area contributed by atoms with Crippen molar-refractivity contribution in [2.45, 2.75) is 50.6 Å². The number of carboxylic acid groups (broad SMARTS) is 1. The molecule has 0 radical (unpaired) electrons. The van der Waals surface area contributed by atoms with Crippen molar-refractivity contribution in [2.24, 2.45) is 17.2 Å². The third-order valence-electron chi connectivity index (χ3n) is 2.99. The van der Waals surface area contributed by atoms with E-state index in [1.54, 1.807) is 0 Å². The van der Waals surface area contributed by atoms with Gasteiger partial charge in [0.15, 0.2) is 0 Å². The van der Waals surface area contributed by atoms with Crippen molar-refractivity contribution < 1.29 is 29.1 Å². The largest absolute Gasteiger partial charge is 0.525 e. The predicted molar refractivity (Wildman–Crippen MR) is 80.9 cm³/mol. The second-order valence-electron chi connectivity index (χ2n) is 4.95. The Morgan fingerprint density at radius 3 is 2.04 bits per heavy atom. The van der Waals surface area contributed by atoms with Gasteiger partial charge in [0.1, 0.15) is 12.1 Å². The van der Waals surface area contributed by atoms with E-state index in [4.69, 9.17) is 22.3 Å². The summed E-state index contributed by atoms with van der Waals surface area (Å²) in [5.41, 5.74) is 18.4. The molecule has 8 N–H and O–H groups in total. The first-order valence-corrected chi connectivity index (χ1v) is 7.48. The van der Waals surface area contributed by atoms with Crippen molar-refractivity contribution in [3.63, 3.8) is 0 Å². The van der Waals surface area contributed by atoms with E-state index in [0.717, 1.165) is 0 Å². The fourth-order valence-electron chi connectivity index (χ4n) is 1.71. The van der Waals surface area contributed by atoms with Gasteiger partial charge in [0.05, 0.1) is 0 Å². The summed E-state index contributed by atoms with van der Waals surface area (Å²) in [5.74, 6) is -1.81. The first-order chi connectivity index (χ1) is 10.9. The monoisotopic (exact) mass is 334 g/mol. The van der Waals surface area contributed by atoms with Crippen molar-refractivity contribution >= 4 is 18.1 Å². The fraction of sp³-hybridized carbons (Fsp3) is 0.769. The van der Waals surface area contributed by atoms with Crippen LogP contribution in [0, 0.1) is 0 Å². The van der Waals surface area contributed by atoms with Gasteiger partial charge in [-0.3, -0.25) is 0 Å². The molecule has 0 rings (SSSR count). The standard InChI is InChI=1S/C13H26N4O6/c14-7-3-1-5-9(16)11(18)22-12(19)10(6-2-4-8-15)17-23-13(20)21/h9-10,17H,1-8,14-16H2,(H,20,21)/t9-,10-/m0/s1. The number of carbonyl (C=O) groups is 3. The highest BCUT2D eigenvalue weighted by atomic mass is 16.8. The molecule has 0 bridgehead atoms. The average Bonchev–Trinajstić information content (AvgIpc) is 2.50. The lowest BCUT2D eigenvalue weighted by atomic mass is 10.1. The molecule has 0 amide bonds. The van der Waals surface area contributed by atoms with E-state index >= 15 is 0 Å². The molecular formula is C13H26N4O6. The van der Waals surface area contributed by atoms with Gasteiger partial charge in [-0.2, -0.15) is 0 Å². The molecule has 0 aliphatic carbocycles. The lowest BCUT2D eigenvalue weighted by Crippen LogP contribution is -2.43. The SMILES string of the molecule is NCCCC[C@H](NOC(=O)O)C(=O)OC(=O)[C@@H](N)CCCCN. The molecule has 0 heterocycles. The fourth-order valence-corrected chi connectivity index (χ4v) is 1.71. The number of esters is 2. The summed E-state index contributed by atoms with van der Waals surface area (Å²) in [6, 6.07) is -2.03. The number of ether oxygens (including phenoxy) is 1. The minimum absolute atomic E-state index is 0.207. The average molecular weight is 334 g/mol. The van der Waals surface area contributed by atoms with Crippen molar-refractivity contribution in [3.05, 3.63) is 0 Å². The maximum Gasteiger partial charge on any atom is 0.525 e. The number of nitrogens with one attached hydrogen (secondary N) is 1. The number of carbonyl (C=O) groups excluding carboxylic acids is 2. The second kappa shape index (κ2) is 12.8. The summed E-state index contributed by atoms with van der Waals surface area (Å²) in [7, 11) is 0. The quantitative estimate of drug-likeness (QED) is 0.131. The van der Waals surface area contributed by atoms with Crippen LogP contribution in [0.2, 0.25) is 0 Å². The number of nitrogens with two attached hydrogens (primary N) is 3. The zero-order valence-electron chi connectivity index (χ0n) is 13.0. The van der Waals surface area contributed by atoms with Gasteiger partial charge in [-0.1, -0.05) is 6.42 Å². The minimum Gasteiger partial charge on any atom is -0.448 e. The molecule has 0 saturated carbocycles. The first-order valence-electron chi connectivity index (χ1n) is 7.48. The Morgan fingerprint density at radius 2 is 1.52 bits per heavy atom. The van der Waals surface area contributed by atoms with Crippen molar-refractivity contribution in [1.82, 2.24) is 5.48 Å². The topological polar surface area (TPSA) is 180 Å². The number of hydrogen-bond acceptors (Lipinski definition) is 9. The van der Waals surface area contributed by atoms with Crippen LogP contribution in [0.4, 0.5) is 4.79 Å². The maximum absolute atomic E-state index is 11.9. The molecule has 0 saturated heterocycles. The Kier molecular flexibility index (Phi) is 11.8. The smallest absolute Gasteiger partial charge is 0.448 e. The molecule has 10 nitrogen and oxygen atoms in total. The summed E-state index contributed by atoms with van der Waals surface area (Å²) < 4.78 is 4.67. The van der Waals surface area contributed by atoms with Crippen LogP contribution in [-0.4, -0.2) is 48.4 Å². The van der Waals surface area contributed by atoms with Crippen LogP contribution >= 0.6 is 0 Å². The van der Waals surface area contributed by atoms with Crippen LogP contribution in [-0.2, 0) is 19.2 Å². The number of unbranched alkanes of at least 4 members (excludes halogenated alkanes) is 2. The van der Waals surface area contributed by atoms with Crippen molar-refractivity contribution in [3.8, 4) is 0 Å². The van der Waals surface area contributed by atoms with Crippen molar-refractivity contribution in [2.75, 3.05) is 13.1 Å². The van der Waals surface area contributed by atoms with E-state index in [9.17, 15) is 14.4 Å². The summed E-state index contributed by atoms with van der Waals surface area (Å²) >= 11 is 0. The van der Waals surface area contributed by atoms with Gasteiger partial charge in [-0.25, -0.2) is 14.4 Å². The molecule has 10 heteroatoms. The Hall–Kier alpha value is -1.75. The van der Waals surface area contributed by atoms with E-state index in [0.29, 0.717) is 45.2 Å². The molecule has 134 valence electrons. The Morgan fingerprint density at radius 1 is 0.957 bits per heavy atom. The Balaban J connectivity index is 4.42. The molecule has 0 aliphatic rings. The first kappa shape index (κ1) is 21.2. The van der Waals surface area contributed by atoms with E-state index in [1.165, 1.54) is 0 Å². The highest BCUT2D eigenvalue weighted by Gasteiger charge is 2.26. The van der Waals surface area contributed by atoms with E-state index in [1.807, 2.05) is 5.48 Å². The van der Waals surface area contributed by atoms with Crippen LogP contribution in [0.15, 0.2) is 0 Å². The van der Waals surface area contributed by atoms with Crippen molar-refractivity contribution in [1.29, 1.82) is 0 Å². The molecular weight excluding hydrogens is 308 g/mol. The van der Waals surface area contributed by atoms with Crippen LogP contribution in [0.1, 0.15) is 38.5 Å². The third-order valence-corrected chi connectivity index (χ3v) is 2.99. The zero-order valence-corrected chi connectivity index (χ0v) is 13.0. The molecule has 2 atom stereocenters. The lowest BCUT2D eigenvalue weighted by molar-refractivity contribution is -0.164. The van der Waals surface area contributed by atoms with Gasteiger partial charge in [0.25, 0.3) is 0 Å². The predicted octanol–water partition coefficient (Wildman–Crippen LogP) is -0.791. The van der Waals surface area contributed by atoms with Gasteiger partial charge in [-0.05, 0) is 45.2 Å². The summed E-state index contributed by atoms with van der Waals surface area (Å²) in [5, 5.41) is 8.45. The highest BCUT2D eigenvalue weighted by Crippen LogP contribution is 2.06. The molecule has 0 aromatic rings. The van der Waals surface area contributed by atoms with Crippen LogP contribution < -0.4 is 22.7 Å². The van der Waals surface area contributed by atoms with Gasteiger partial charge < -0.3 is 31.9 Å².